The van der Waals surface area contributed by atoms with E-state index in [4.69, 9.17) is 9.98 Å². The van der Waals surface area contributed by atoms with Crippen LogP contribution in [-0.4, -0.2) is 31.1 Å². The number of nitrogens with zero attached hydrogens (tertiary/aromatic N) is 4. The molecule has 0 unspecified atom stereocenters. The predicted octanol–water partition coefficient (Wildman–Crippen LogP) is 5.37. The van der Waals surface area contributed by atoms with Gasteiger partial charge in [0, 0.05) is 19.8 Å². The van der Waals surface area contributed by atoms with Gasteiger partial charge < -0.3 is 4.90 Å². The summed E-state index contributed by atoms with van der Waals surface area (Å²) in [4.78, 5) is 11.6. The Kier molecular flexibility index (Phi) is 5.86. The molecule has 4 rings (SSSR count). The molecular formula is C24H23N5S. The van der Waals surface area contributed by atoms with Crippen LogP contribution in [0.1, 0.15) is 16.1 Å². The summed E-state index contributed by atoms with van der Waals surface area (Å²) in [5, 5.41) is 5.23. The highest BCUT2D eigenvalue weighted by Crippen LogP contribution is 2.23. The number of para-hydroxylation sites is 1. The number of aromatic nitrogens is 1. The summed E-state index contributed by atoms with van der Waals surface area (Å²) < 4.78 is 1.12. The number of benzene rings is 3. The fourth-order valence-electron chi connectivity index (χ4n) is 2.87. The molecule has 1 N–H and O–H groups in total. The maximum Gasteiger partial charge on any atom is 0.183 e. The highest BCUT2D eigenvalue weighted by Gasteiger charge is 2.10. The maximum absolute atomic E-state index is 4.77. The number of nitrogens with one attached hydrogen (secondary N) is 1. The molecule has 1 heterocycles. The Balaban J connectivity index is 1.62. The van der Waals surface area contributed by atoms with Crippen LogP contribution in [-0.2, 0) is 0 Å². The summed E-state index contributed by atoms with van der Waals surface area (Å²) in [6.45, 7) is 2.06. The van der Waals surface area contributed by atoms with Gasteiger partial charge in [0.05, 0.1) is 22.1 Å². The minimum absolute atomic E-state index is 0.626. The van der Waals surface area contributed by atoms with E-state index in [1.165, 1.54) is 5.56 Å². The second kappa shape index (κ2) is 8.88. The Hall–Kier alpha value is -3.51. The van der Waals surface area contributed by atoms with E-state index in [2.05, 4.69) is 40.5 Å². The van der Waals surface area contributed by atoms with Crippen molar-refractivity contribution >= 4 is 45.0 Å². The van der Waals surface area contributed by atoms with E-state index < -0.39 is 0 Å². The third-order valence-corrected chi connectivity index (χ3v) is 5.61. The van der Waals surface area contributed by atoms with Crippen molar-refractivity contribution in [3.05, 3.63) is 88.9 Å². The standard InChI is InChI=1S/C24H23N5S/c1-17-8-12-19(13-9-17)26-23(24-27-21-6-4-5-7-22(21)30-24)28-25-16-18-10-14-20(15-11-18)29(2)3/h4-16H,1-3H3,(H,26,28)/b25-16+. The lowest BCUT2D eigenvalue weighted by Gasteiger charge is -2.11. The Morgan fingerprint density at radius 1 is 0.967 bits per heavy atom. The molecule has 3 aromatic carbocycles. The van der Waals surface area contributed by atoms with Gasteiger partial charge in [-0.3, -0.25) is 5.43 Å². The monoisotopic (exact) mass is 413 g/mol. The summed E-state index contributed by atoms with van der Waals surface area (Å²) in [5.74, 6) is 0.626. The van der Waals surface area contributed by atoms with Crippen LogP contribution in [0, 0.1) is 6.92 Å². The molecule has 150 valence electrons. The van der Waals surface area contributed by atoms with Crippen LogP contribution in [0.2, 0.25) is 0 Å². The molecule has 0 atom stereocenters. The Bertz CT molecular complexity index is 1160. The van der Waals surface area contributed by atoms with Crippen LogP contribution in [0.4, 0.5) is 11.4 Å². The first-order chi connectivity index (χ1) is 14.6. The zero-order valence-corrected chi connectivity index (χ0v) is 18.0. The van der Waals surface area contributed by atoms with Crippen molar-refractivity contribution in [1.82, 2.24) is 10.4 Å². The fourth-order valence-corrected chi connectivity index (χ4v) is 3.77. The molecule has 4 aromatic rings. The summed E-state index contributed by atoms with van der Waals surface area (Å²) in [6.07, 6.45) is 1.79. The number of aliphatic imine (C=N–C) groups is 1. The van der Waals surface area contributed by atoms with E-state index in [-0.39, 0.29) is 0 Å². The number of anilines is 1. The largest absolute Gasteiger partial charge is 0.378 e. The Labute approximate surface area is 180 Å². The topological polar surface area (TPSA) is 52.9 Å². The van der Waals surface area contributed by atoms with E-state index in [1.807, 2.05) is 68.7 Å². The van der Waals surface area contributed by atoms with Crippen molar-refractivity contribution in [2.75, 3.05) is 19.0 Å². The van der Waals surface area contributed by atoms with Gasteiger partial charge in [-0.2, -0.15) is 5.10 Å². The van der Waals surface area contributed by atoms with Gasteiger partial charge in [0.2, 0.25) is 0 Å². The first-order valence-corrected chi connectivity index (χ1v) is 10.5. The van der Waals surface area contributed by atoms with E-state index in [0.717, 1.165) is 32.2 Å². The van der Waals surface area contributed by atoms with Gasteiger partial charge in [0.15, 0.2) is 10.8 Å². The van der Waals surface area contributed by atoms with E-state index >= 15 is 0 Å². The fraction of sp³-hybridized carbons (Fsp3) is 0.125. The number of rotatable bonds is 5. The summed E-state index contributed by atoms with van der Waals surface area (Å²) in [7, 11) is 4.05. The molecule has 30 heavy (non-hydrogen) atoms. The van der Waals surface area contributed by atoms with Crippen molar-refractivity contribution in [2.24, 2.45) is 10.1 Å². The SMILES string of the molecule is Cc1ccc(N=C(N/N=C/c2ccc(N(C)C)cc2)c2nc3ccccc3s2)cc1. The average Bonchev–Trinajstić information content (AvgIpc) is 3.19. The van der Waals surface area contributed by atoms with Gasteiger partial charge in [-0.25, -0.2) is 9.98 Å². The lowest BCUT2D eigenvalue weighted by atomic mass is 10.2. The predicted molar refractivity (Wildman–Crippen MR) is 128 cm³/mol. The van der Waals surface area contributed by atoms with Crippen molar-refractivity contribution in [1.29, 1.82) is 0 Å². The average molecular weight is 414 g/mol. The minimum atomic E-state index is 0.626. The molecule has 6 heteroatoms. The zero-order chi connectivity index (χ0) is 20.9. The van der Waals surface area contributed by atoms with E-state index in [0.29, 0.717) is 5.84 Å². The molecule has 0 spiro atoms. The molecule has 0 aliphatic rings. The second-order valence-corrected chi connectivity index (χ2v) is 8.17. The number of hydrogen-bond donors (Lipinski definition) is 1. The van der Waals surface area contributed by atoms with Crippen molar-refractivity contribution in [3.63, 3.8) is 0 Å². The van der Waals surface area contributed by atoms with Crippen molar-refractivity contribution < 1.29 is 0 Å². The van der Waals surface area contributed by atoms with Crippen LogP contribution in [0.5, 0.6) is 0 Å². The van der Waals surface area contributed by atoms with Gasteiger partial charge in [-0.15, -0.1) is 11.3 Å². The molecule has 0 aliphatic heterocycles. The summed E-state index contributed by atoms with van der Waals surface area (Å²) >= 11 is 1.60. The zero-order valence-electron chi connectivity index (χ0n) is 17.2. The van der Waals surface area contributed by atoms with Crippen LogP contribution < -0.4 is 10.3 Å². The molecule has 0 saturated carbocycles. The van der Waals surface area contributed by atoms with Crippen LogP contribution in [0.25, 0.3) is 10.2 Å². The number of aryl methyl sites for hydroxylation is 1. The second-order valence-electron chi connectivity index (χ2n) is 7.14. The third kappa shape index (κ3) is 4.72. The molecule has 0 amide bonds. The molecule has 5 nitrogen and oxygen atoms in total. The van der Waals surface area contributed by atoms with Gasteiger partial charge in [0.1, 0.15) is 0 Å². The van der Waals surface area contributed by atoms with Gasteiger partial charge in [-0.05, 0) is 48.9 Å². The summed E-state index contributed by atoms with van der Waals surface area (Å²) in [5.41, 5.74) is 8.27. The number of thiazole rings is 1. The van der Waals surface area contributed by atoms with E-state index in [9.17, 15) is 0 Å². The molecular weight excluding hydrogens is 390 g/mol. The molecule has 1 aromatic heterocycles. The molecule has 0 radical (unpaired) electrons. The van der Waals surface area contributed by atoms with Crippen molar-refractivity contribution in [3.8, 4) is 0 Å². The molecule has 0 fully saturated rings. The van der Waals surface area contributed by atoms with Crippen LogP contribution >= 0.6 is 11.3 Å². The highest BCUT2D eigenvalue weighted by molar-refractivity contribution is 7.20. The number of fused-ring (bicyclic) bond motifs is 1. The molecule has 0 saturated heterocycles. The molecule has 0 bridgehead atoms. The number of hydrazone groups is 1. The highest BCUT2D eigenvalue weighted by atomic mass is 32.1. The van der Waals surface area contributed by atoms with Crippen LogP contribution in [0.3, 0.4) is 0 Å². The Morgan fingerprint density at radius 3 is 2.40 bits per heavy atom. The normalized spacial score (nSPS) is 11.9. The number of hydrogen-bond acceptors (Lipinski definition) is 5. The van der Waals surface area contributed by atoms with Crippen molar-refractivity contribution in [2.45, 2.75) is 6.92 Å². The van der Waals surface area contributed by atoms with Gasteiger partial charge in [-0.1, -0.05) is 42.0 Å². The quantitative estimate of drug-likeness (QED) is 0.272. The van der Waals surface area contributed by atoms with Gasteiger partial charge in [0.25, 0.3) is 0 Å². The maximum atomic E-state index is 4.77. The first-order valence-electron chi connectivity index (χ1n) is 9.66. The summed E-state index contributed by atoms with van der Waals surface area (Å²) in [6, 6.07) is 24.4. The minimum Gasteiger partial charge on any atom is -0.378 e. The third-order valence-electron chi connectivity index (χ3n) is 4.56. The van der Waals surface area contributed by atoms with Crippen LogP contribution in [0.15, 0.2) is 82.9 Å². The van der Waals surface area contributed by atoms with E-state index in [1.54, 1.807) is 17.6 Å². The van der Waals surface area contributed by atoms with Gasteiger partial charge >= 0.3 is 0 Å². The lowest BCUT2D eigenvalue weighted by Crippen LogP contribution is -2.18. The first kappa shape index (κ1) is 19.8. The Morgan fingerprint density at radius 2 is 1.70 bits per heavy atom. The lowest BCUT2D eigenvalue weighted by molar-refractivity contribution is 1.03. The number of amidine groups is 1. The molecule has 0 aliphatic carbocycles. The smallest absolute Gasteiger partial charge is 0.183 e.